The summed E-state index contributed by atoms with van der Waals surface area (Å²) >= 11 is 1.29. The van der Waals surface area contributed by atoms with Crippen LogP contribution in [0.4, 0.5) is 16.5 Å². The van der Waals surface area contributed by atoms with Crippen LogP contribution in [-0.2, 0) is 0 Å². The van der Waals surface area contributed by atoms with E-state index in [2.05, 4.69) is 10.3 Å². The van der Waals surface area contributed by atoms with E-state index in [1.54, 1.807) is 0 Å². The minimum atomic E-state index is -0.618. The molecule has 0 atom stereocenters. The fourth-order valence-electron chi connectivity index (χ4n) is 2.38. The molecule has 0 radical (unpaired) electrons. The first kappa shape index (κ1) is 17.6. The lowest BCUT2D eigenvalue weighted by Crippen LogP contribution is -2.12. The van der Waals surface area contributed by atoms with Crippen LogP contribution in [0.15, 0.2) is 41.8 Å². The highest BCUT2D eigenvalue weighted by molar-refractivity contribution is 7.14. The Hall–Kier alpha value is -3.26. The van der Waals surface area contributed by atoms with E-state index in [9.17, 15) is 14.9 Å². The van der Waals surface area contributed by atoms with Gasteiger partial charge in [-0.1, -0.05) is 12.1 Å². The molecule has 0 bridgehead atoms. The highest BCUT2D eigenvalue weighted by atomic mass is 32.1. The summed E-state index contributed by atoms with van der Waals surface area (Å²) in [5.74, 6) is -0.478. The highest BCUT2D eigenvalue weighted by Crippen LogP contribution is 2.27. The number of thiazole rings is 1. The van der Waals surface area contributed by atoms with Crippen molar-refractivity contribution in [3.63, 3.8) is 0 Å². The van der Waals surface area contributed by atoms with E-state index in [1.165, 1.54) is 29.0 Å². The standard InChI is InChI=1S/C18H16N4O3S/c1-10-3-4-12(7-11(10)2)15-9-26-18(20-15)21-17(23)13-5-6-14(19)16(8-13)22(24)25/h3-9H,19H2,1-2H3,(H,20,21,23). The zero-order valence-corrected chi connectivity index (χ0v) is 15.0. The van der Waals surface area contributed by atoms with E-state index in [0.717, 1.165) is 22.9 Å². The molecule has 3 rings (SSSR count). The molecule has 0 aliphatic rings. The number of nitrogen functional groups attached to an aromatic ring is 1. The molecule has 2 aromatic carbocycles. The van der Waals surface area contributed by atoms with Crippen molar-refractivity contribution in [2.24, 2.45) is 0 Å². The lowest BCUT2D eigenvalue weighted by molar-refractivity contribution is -0.383. The Labute approximate surface area is 153 Å². The van der Waals surface area contributed by atoms with Gasteiger partial charge in [0.15, 0.2) is 5.13 Å². The highest BCUT2D eigenvalue weighted by Gasteiger charge is 2.17. The third-order valence-electron chi connectivity index (χ3n) is 4.02. The van der Waals surface area contributed by atoms with Gasteiger partial charge < -0.3 is 5.73 Å². The molecule has 1 aromatic heterocycles. The largest absolute Gasteiger partial charge is 0.393 e. The minimum absolute atomic E-state index is 0.0119. The van der Waals surface area contributed by atoms with Crippen LogP contribution in [0.1, 0.15) is 21.5 Å². The van der Waals surface area contributed by atoms with E-state index in [1.807, 2.05) is 37.4 Å². The Kier molecular flexibility index (Phi) is 4.68. The molecule has 3 aromatic rings. The number of carbonyl (C=O) groups excluding carboxylic acids is 1. The summed E-state index contributed by atoms with van der Waals surface area (Å²) in [5.41, 5.74) is 9.50. The Morgan fingerprint density at radius 2 is 1.96 bits per heavy atom. The minimum Gasteiger partial charge on any atom is -0.393 e. The summed E-state index contributed by atoms with van der Waals surface area (Å²) in [4.78, 5) is 27.1. The molecule has 0 saturated heterocycles. The average molecular weight is 368 g/mol. The maximum atomic E-state index is 12.3. The first-order chi connectivity index (χ1) is 12.3. The van der Waals surface area contributed by atoms with Crippen LogP contribution in [0, 0.1) is 24.0 Å². The molecule has 0 aliphatic heterocycles. The van der Waals surface area contributed by atoms with Gasteiger partial charge in [-0.15, -0.1) is 11.3 Å². The molecule has 3 N–H and O–H groups in total. The second-order valence-electron chi connectivity index (χ2n) is 5.82. The van der Waals surface area contributed by atoms with Gasteiger partial charge in [0.05, 0.1) is 10.6 Å². The van der Waals surface area contributed by atoms with Gasteiger partial charge in [-0.3, -0.25) is 20.2 Å². The quantitative estimate of drug-likeness (QED) is 0.408. The number of amides is 1. The first-order valence-corrected chi connectivity index (χ1v) is 8.61. The van der Waals surface area contributed by atoms with E-state index >= 15 is 0 Å². The Bertz CT molecular complexity index is 1010. The Morgan fingerprint density at radius 3 is 2.65 bits per heavy atom. The van der Waals surface area contributed by atoms with Gasteiger partial charge in [0.2, 0.25) is 0 Å². The zero-order chi connectivity index (χ0) is 18.8. The van der Waals surface area contributed by atoms with Crippen LogP contribution in [-0.4, -0.2) is 15.8 Å². The van der Waals surface area contributed by atoms with Crippen LogP contribution in [0.3, 0.4) is 0 Å². The number of hydrogen-bond donors (Lipinski definition) is 2. The predicted octanol–water partition coefficient (Wildman–Crippen LogP) is 4.17. The maximum Gasteiger partial charge on any atom is 0.292 e. The zero-order valence-electron chi connectivity index (χ0n) is 14.1. The molecule has 0 aliphatic carbocycles. The van der Waals surface area contributed by atoms with E-state index in [-0.39, 0.29) is 16.9 Å². The molecule has 1 amide bonds. The predicted molar refractivity (Wildman–Crippen MR) is 102 cm³/mol. The van der Waals surface area contributed by atoms with Gasteiger partial charge in [-0.25, -0.2) is 4.98 Å². The molecule has 0 fully saturated rings. The summed E-state index contributed by atoms with van der Waals surface area (Å²) in [5, 5.41) is 15.9. The smallest absolute Gasteiger partial charge is 0.292 e. The third kappa shape index (κ3) is 3.55. The average Bonchev–Trinajstić information content (AvgIpc) is 3.05. The Balaban J connectivity index is 1.81. The molecule has 8 heteroatoms. The molecule has 7 nitrogen and oxygen atoms in total. The van der Waals surface area contributed by atoms with E-state index in [4.69, 9.17) is 5.73 Å². The number of nitro benzene ring substituents is 1. The lowest BCUT2D eigenvalue weighted by Gasteiger charge is -2.04. The Morgan fingerprint density at radius 1 is 1.19 bits per heavy atom. The molecule has 0 saturated carbocycles. The van der Waals surface area contributed by atoms with Crippen LogP contribution in [0.5, 0.6) is 0 Å². The van der Waals surface area contributed by atoms with Gasteiger partial charge in [0.1, 0.15) is 5.69 Å². The number of nitrogens with one attached hydrogen (secondary N) is 1. The number of rotatable bonds is 4. The second kappa shape index (κ2) is 6.93. The number of benzene rings is 2. The van der Waals surface area contributed by atoms with Crippen molar-refractivity contribution >= 4 is 33.8 Å². The summed E-state index contributed by atoms with van der Waals surface area (Å²) in [7, 11) is 0. The van der Waals surface area contributed by atoms with Crippen molar-refractivity contribution in [1.82, 2.24) is 4.98 Å². The third-order valence-corrected chi connectivity index (χ3v) is 4.77. The van der Waals surface area contributed by atoms with Crippen LogP contribution >= 0.6 is 11.3 Å². The fraction of sp³-hybridized carbons (Fsp3) is 0.111. The number of nitro groups is 1. The van der Waals surface area contributed by atoms with Gasteiger partial charge in [0.25, 0.3) is 11.6 Å². The number of hydrogen-bond acceptors (Lipinski definition) is 6. The van der Waals surface area contributed by atoms with Crippen molar-refractivity contribution in [3.8, 4) is 11.3 Å². The topological polar surface area (TPSA) is 111 Å². The van der Waals surface area contributed by atoms with Gasteiger partial charge in [-0.05, 0) is 43.2 Å². The number of aromatic nitrogens is 1. The number of anilines is 2. The molecular formula is C18H16N4O3S. The fourth-order valence-corrected chi connectivity index (χ4v) is 3.09. The number of nitrogens with two attached hydrogens (primary N) is 1. The normalized spacial score (nSPS) is 10.5. The summed E-state index contributed by atoms with van der Waals surface area (Å²) in [6.45, 7) is 4.07. The van der Waals surface area contributed by atoms with Crippen molar-refractivity contribution in [1.29, 1.82) is 0 Å². The molecule has 0 unspecified atom stereocenters. The van der Waals surface area contributed by atoms with Crippen molar-refractivity contribution in [3.05, 3.63) is 68.6 Å². The number of carbonyl (C=O) groups is 1. The van der Waals surface area contributed by atoms with Crippen molar-refractivity contribution < 1.29 is 9.72 Å². The molecular weight excluding hydrogens is 352 g/mol. The molecule has 132 valence electrons. The van der Waals surface area contributed by atoms with Gasteiger partial charge in [0, 0.05) is 22.6 Å². The molecule has 26 heavy (non-hydrogen) atoms. The van der Waals surface area contributed by atoms with Crippen LogP contribution < -0.4 is 11.1 Å². The molecule has 0 spiro atoms. The SMILES string of the molecule is Cc1ccc(-c2csc(NC(=O)c3ccc(N)c([N+](=O)[O-])c3)n2)cc1C. The van der Waals surface area contributed by atoms with Crippen LogP contribution in [0.25, 0.3) is 11.3 Å². The van der Waals surface area contributed by atoms with Crippen molar-refractivity contribution in [2.45, 2.75) is 13.8 Å². The maximum absolute atomic E-state index is 12.3. The van der Waals surface area contributed by atoms with Gasteiger partial charge >= 0.3 is 0 Å². The summed E-state index contributed by atoms with van der Waals surface area (Å²) in [6, 6.07) is 9.98. The van der Waals surface area contributed by atoms with Gasteiger partial charge in [-0.2, -0.15) is 0 Å². The number of nitrogens with zero attached hydrogens (tertiary/aromatic N) is 2. The van der Waals surface area contributed by atoms with E-state index < -0.39 is 10.8 Å². The number of aryl methyl sites for hydroxylation is 2. The van der Waals surface area contributed by atoms with Crippen molar-refractivity contribution in [2.75, 3.05) is 11.1 Å². The first-order valence-electron chi connectivity index (χ1n) is 7.73. The van der Waals surface area contributed by atoms with E-state index in [0.29, 0.717) is 5.13 Å². The van der Waals surface area contributed by atoms with Crippen LogP contribution in [0.2, 0.25) is 0 Å². The lowest BCUT2D eigenvalue weighted by atomic mass is 10.1. The summed E-state index contributed by atoms with van der Waals surface area (Å²) in [6.07, 6.45) is 0. The summed E-state index contributed by atoms with van der Waals surface area (Å²) < 4.78 is 0. The molecule has 1 heterocycles. The second-order valence-corrected chi connectivity index (χ2v) is 6.68. The monoisotopic (exact) mass is 368 g/mol.